The minimum absolute atomic E-state index is 0.174. The fraction of sp³-hybridized carbons (Fsp3) is 0.857. The summed E-state index contributed by atoms with van der Waals surface area (Å²) in [6, 6.07) is -0.243. The third-order valence-electron chi connectivity index (χ3n) is 17.1. The molecule has 2 bridgehead atoms. The lowest BCUT2D eigenvalue weighted by molar-refractivity contribution is -0.256. The number of rotatable bonds is 10. The van der Waals surface area contributed by atoms with Gasteiger partial charge in [-0.2, -0.15) is 5.10 Å². The van der Waals surface area contributed by atoms with Crippen molar-refractivity contribution in [3.8, 4) is 0 Å². The van der Waals surface area contributed by atoms with Gasteiger partial charge < -0.3 is 24.8 Å². The number of allylic oxidation sites excluding steroid dienone is 1. The molecule has 1 aromatic rings. The van der Waals surface area contributed by atoms with Crippen LogP contribution in [0.1, 0.15) is 124 Å². The zero-order valence-electron chi connectivity index (χ0n) is 34.5. The summed E-state index contributed by atoms with van der Waals surface area (Å²) in [5.41, 5.74) is -0.426. The van der Waals surface area contributed by atoms with Gasteiger partial charge >= 0.3 is 5.97 Å². The van der Waals surface area contributed by atoms with E-state index in [0.717, 1.165) is 32.1 Å². The van der Waals surface area contributed by atoms with Crippen LogP contribution in [-0.2, 0) is 14.3 Å². The molecule has 292 valence electrons. The first-order valence-electron chi connectivity index (χ1n) is 20.1. The second kappa shape index (κ2) is 13.2. The van der Waals surface area contributed by atoms with E-state index in [0.29, 0.717) is 49.8 Å². The number of amides is 1. The number of likely N-dealkylation sites (N-methyl/N-ethyl adjacent to an activating group) is 1. The SMILES string of the molecule is CNC(=O)c1ncnn1[C@@H]1C[C@]2(C)COC[C@@]3(C4=CC[C@@]5(C)[C@H](C(=O)O)[C@@](C)([C@H](C)C(C)C)CC[C@]5(C)[C@H]4CC[C@H]23)[C@H]1OC[C@@](C)(C(C)C)N(C)C. The molecule has 6 rings (SSSR count). The highest BCUT2D eigenvalue weighted by Crippen LogP contribution is 2.75. The zero-order valence-corrected chi connectivity index (χ0v) is 34.5. The molecule has 0 radical (unpaired) electrons. The molecule has 5 aliphatic rings. The topological polar surface area (TPSA) is 119 Å². The lowest BCUT2D eigenvalue weighted by Crippen LogP contribution is -2.70. The second-order valence-electron chi connectivity index (χ2n) is 19.9. The van der Waals surface area contributed by atoms with Crippen molar-refractivity contribution in [2.45, 2.75) is 125 Å². The smallest absolute Gasteiger partial charge is 0.307 e. The van der Waals surface area contributed by atoms with Crippen molar-refractivity contribution in [1.29, 1.82) is 0 Å². The number of aromatic nitrogens is 3. The van der Waals surface area contributed by atoms with Crippen LogP contribution in [0.3, 0.4) is 0 Å². The molecule has 1 aromatic heterocycles. The number of carboxylic acids is 1. The van der Waals surface area contributed by atoms with Crippen LogP contribution in [0, 0.1) is 62.6 Å². The number of carboxylic acid groups (broad SMARTS) is 1. The van der Waals surface area contributed by atoms with Crippen LogP contribution in [0.5, 0.6) is 0 Å². The van der Waals surface area contributed by atoms with Gasteiger partial charge in [0.2, 0.25) is 5.82 Å². The van der Waals surface area contributed by atoms with Crippen LogP contribution in [0.15, 0.2) is 18.0 Å². The van der Waals surface area contributed by atoms with Gasteiger partial charge in [-0.05, 0) is 111 Å². The van der Waals surface area contributed by atoms with Gasteiger partial charge in [0.05, 0.1) is 37.9 Å². The number of hydrogen-bond acceptors (Lipinski definition) is 7. The first kappa shape index (κ1) is 39.4. The number of fused-ring (bicyclic) bond motifs is 3. The summed E-state index contributed by atoms with van der Waals surface area (Å²) in [6.45, 7) is 24.6. The van der Waals surface area contributed by atoms with Crippen molar-refractivity contribution in [3.05, 3.63) is 23.8 Å². The van der Waals surface area contributed by atoms with Crippen LogP contribution in [0.2, 0.25) is 0 Å². The summed E-state index contributed by atoms with van der Waals surface area (Å²) in [5.74, 6) is 0.442. The molecule has 0 aromatic carbocycles. The highest BCUT2D eigenvalue weighted by atomic mass is 16.5. The van der Waals surface area contributed by atoms with Crippen molar-refractivity contribution in [3.63, 3.8) is 0 Å². The van der Waals surface area contributed by atoms with Gasteiger partial charge in [0.1, 0.15) is 6.33 Å². The Hall–Kier alpha value is -2.30. The summed E-state index contributed by atoms with van der Waals surface area (Å²) < 4.78 is 16.1. The Morgan fingerprint density at radius 3 is 2.38 bits per heavy atom. The minimum Gasteiger partial charge on any atom is -0.481 e. The fourth-order valence-electron chi connectivity index (χ4n) is 12.9. The van der Waals surface area contributed by atoms with E-state index in [9.17, 15) is 14.7 Å². The van der Waals surface area contributed by atoms with E-state index < -0.39 is 22.7 Å². The number of nitrogens with zero attached hydrogens (tertiary/aromatic N) is 4. The van der Waals surface area contributed by atoms with Gasteiger partial charge in [0, 0.05) is 18.0 Å². The summed E-state index contributed by atoms with van der Waals surface area (Å²) >= 11 is 0. The monoisotopic (exact) mass is 724 g/mol. The van der Waals surface area contributed by atoms with Crippen molar-refractivity contribution < 1.29 is 24.2 Å². The van der Waals surface area contributed by atoms with Crippen LogP contribution in [0.4, 0.5) is 0 Å². The first-order valence-corrected chi connectivity index (χ1v) is 20.1. The maximum absolute atomic E-state index is 13.6. The molecule has 10 heteroatoms. The number of hydrogen-bond donors (Lipinski definition) is 2. The molecule has 12 atom stereocenters. The third kappa shape index (κ3) is 5.33. The van der Waals surface area contributed by atoms with E-state index in [2.05, 4.69) is 105 Å². The molecule has 3 saturated carbocycles. The predicted octanol–water partition coefficient (Wildman–Crippen LogP) is 7.13. The maximum atomic E-state index is 13.6. The fourth-order valence-corrected chi connectivity index (χ4v) is 12.9. The van der Waals surface area contributed by atoms with Gasteiger partial charge in [0.15, 0.2) is 0 Å². The molecule has 0 spiro atoms. The molecular weight excluding hydrogens is 654 g/mol. The maximum Gasteiger partial charge on any atom is 0.307 e. The average molecular weight is 724 g/mol. The molecule has 1 aliphatic heterocycles. The van der Waals surface area contributed by atoms with Gasteiger partial charge in [-0.1, -0.05) is 74.0 Å². The molecule has 2 N–H and O–H groups in total. The molecule has 10 nitrogen and oxygen atoms in total. The van der Waals surface area contributed by atoms with Crippen molar-refractivity contribution in [2.24, 2.45) is 62.6 Å². The number of ether oxygens (including phenoxy) is 2. The Balaban J connectivity index is 1.55. The predicted molar refractivity (Wildman–Crippen MR) is 203 cm³/mol. The normalized spacial score (nSPS) is 41.8. The number of carbonyl (C=O) groups is 2. The molecule has 1 saturated heterocycles. The Morgan fingerprint density at radius 1 is 1.10 bits per heavy atom. The van der Waals surface area contributed by atoms with Crippen LogP contribution in [-0.4, -0.2) is 89.3 Å². The highest BCUT2D eigenvalue weighted by Gasteiger charge is 2.73. The lowest BCUT2D eigenvalue weighted by Gasteiger charge is -2.71. The number of nitrogens with one attached hydrogen (secondary N) is 1. The first-order chi connectivity index (χ1) is 24.2. The van der Waals surface area contributed by atoms with Crippen LogP contribution < -0.4 is 5.32 Å². The molecule has 1 amide bonds. The standard InChI is InChI=1S/C42H69N5O5/c1-25(2)27(5)38(7)18-19-39(8)28-14-15-31-37(6)20-30(47-34(35(48)43-11)44-24-45-47)33(52-22-41(10,26(3)4)46(12)13)42(31,23-51-21-37)29(28)16-17-40(39,9)32(38)36(49)50/h16,24-28,30-33H,14-15,17-23H2,1-13H3,(H,43,48)(H,49,50)/t27-,28+,30-,31-,32-,33+,37-,38-,39-,40+,41+,42+/m1/s1. The van der Waals surface area contributed by atoms with E-state index in [1.54, 1.807) is 7.05 Å². The lowest BCUT2D eigenvalue weighted by atomic mass is 9.34. The van der Waals surface area contributed by atoms with Gasteiger partial charge in [0.25, 0.3) is 5.91 Å². The molecule has 52 heavy (non-hydrogen) atoms. The summed E-state index contributed by atoms with van der Waals surface area (Å²) in [4.78, 5) is 33.6. The van der Waals surface area contributed by atoms with E-state index in [4.69, 9.17) is 14.6 Å². The Kier molecular flexibility index (Phi) is 9.98. The Bertz CT molecular complexity index is 1560. The molecule has 4 fully saturated rings. The second-order valence-corrected chi connectivity index (χ2v) is 19.9. The summed E-state index contributed by atoms with van der Waals surface area (Å²) in [5, 5.41) is 18.7. The van der Waals surface area contributed by atoms with E-state index in [1.807, 2.05) is 4.68 Å². The average Bonchev–Trinajstić information content (AvgIpc) is 3.56. The van der Waals surface area contributed by atoms with Crippen LogP contribution in [0.25, 0.3) is 0 Å². The van der Waals surface area contributed by atoms with Crippen molar-refractivity contribution in [2.75, 3.05) is 41.0 Å². The largest absolute Gasteiger partial charge is 0.481 e. The highest BCUT2D eigenvalue weighted by molar-refractivity contribution is 5.90. The minimum atomic E-state index is -0.649. The van der Waals surface area contributed by atoms with Crippen LogP contribution >= 0.6 is 0 Å². The molecular formula is C42H69N5O5. The summed E-state index contributed by atoms with van der Waals surface area (Å²) in [7, 11) is 5.89. The van der Waals surface area contributed by atoms with E-state index in [1.165, 1.54) is 11.9 Å². The van der Waals surface area contributed by atoms with E-state index in [-0.39, 0.29) is 51.7 Å². The quantitative estimate of drug-likeness (QED) is 0.245. The van der Waals surface area contributed by atoms with Crippen molar-refractivity contribution >= 4 is 11.9 Å². The summed E-state index contributed by atoms with van der Waals surface area (Å²) in [6.07, 6.45) is 9.07. The number of aliphatic carboxylic acids is 1. The Morgan fingerprint density at radius 2 is 1.79 bits per heavy atom. The molecule has 4 aliphatic carbocycles. The van der Waals surface area contributed by atoms with E-state index >= 15 is 0 Å². The van der Waals surface area contributed by atoms with Gasteiger partial charge in [-0.15, -0.1) is 0 Å². The van der Waals surface area contributed by atoms with Crippen molar-refractivity contribution in [1.82, 2.24) is 25.0 Å². The molecule has 2 heterocycles. The van der Waals surface area contributed by atoms with Gasteiger partial charge in [-0.25, -0.2) is 9.67 Å². The third-order valence-corrected chi connectivity index (χ3v) is 17.1. The van der Waals surface area contributed by atoms with Gasteiger partial charge in [-0.3, -0.25) is 9.59 Å². The molecule has 0 unspecified atom stereocenters. The number of carbonyl (C=O) groups excluding carboxylic acids is 1. The zero-order chi connectivity index (χ0) is 38.4. The Labute approximate surface area is 313 Å².